The minimum atomic E-state index is 0.727. The Morgan fingerprint density at radius 1 is 0.963 bits per heavy atom. The predicted octanol–water partition coefficient (Wildman–Crippen LogP) is 3.52. The van der Waals surface area contributed by atoms with Crippen LogP contribution in [0.3, 0.4) is 0 Å². The maximum Gasteiger partial charge on any atom is 0.227 e. The number of rotatable bonds is 4. The van der Waals surface area contributed by atoms with E-state index in [9.17, 15) is 0 Å². The van der Waals surface area contributed by atoms with Gasteiger partial charge in [-0.3, -0.25) is 0 Å². The van der Waals surface area contributed by atoms with Crippen LogP contribution in [0.2, 0.25) is 0 Å². The van der Waals surface area contributed by atoms with Crippen molar-refractivity contribution in [3.63, 3.8) is 0 Å². The Morgan fingerprint density at radius 3 is 2.44 bits per heavy atom. The van der Waals surface area contributed by atoms with Crippen molar-refractivity contribution in [1.82, 2.24) is 14.9 Å². The van der Waals surface area contributed by atoms with Gasteiger partial charge in [-0.05, 0) is 25.3 Å². The zero-order chi connectivity index (χ0) is 18.6. The van der Waals surface area contributed by atoms with E-state index < -0.39 is 0 Å². The van der Waals surface area contributed by atoms with Gasteiger partial charge in [-0.1, -0.05) is 44.2 Å². The Labute approximate surface area is 163 Å². The summed E-state index contributed by atoms with van der Waals surface area (Å²) >= 11 is 0. The van der Waals surface area contributed by atoms with Crippen LogP contribution in [0.1, 0.15) is 26.7 Å². The lowest BCUT2D eigenvalue weighted by Gasteiger charge is -2.36. The summed E-state index contributed by atoms with van der Waals surface area (Å²) in [5.41, 5.74) is 2.20. The fraction of sp³-hybridized carbons (Fsp3) is 0.545. The Balaban J connectivity index is 1.66. The summed E-state index contributed by atoms with van der Waals surface area (Å²) in [6.45, 7) is 12.1. The molecule has 2 aliphatic rings. The highest BCUT2D eigenvalue weighted by Gasteiger charge is 2.23. The van der Waals surface area contributed by atoms with Crippen LogP contribution in [-0.4, -0.2) is 60.7 Å². The highest BCUT2D eigenvalue weighted by molar-refractivity contribution is 5.65. The molecule has 0 bridgehead atoms. The largest absolute Gasteiger partial charge is 0.356 e. The standard InChI is InChI=1S/C22H31N5/c1-3-25-12-14-26(15-13-25)22-23-20(19-9-5-4-6-10-19)16-21(24-22)27-11-7-8-18(2)17-27/h4-6,9-10,16,18H,3,7-8,11-15,17H2,1-2H3. The van der Waals surface area contributed by atoms with Crippen molar-refractivity contribution in [1.29, 1.82) is 0 Å². The van der Waals surface area contributed by atoms with Crippen LogP contribution in [-0.2, 0) is 0 Å². The normalized spacial score (nSPS) is 21.5. The van der Waals surface area contributed by atoms with Crippen molar-refractivity contribution in [3.8, 4) is 11.3 Å². The van der Waals surface area contributed by atoms with Crippen LogP contribution in [0, 0.1) is 5.92 Å². The van der Waals surface area contributed by atoms with Crippen molar-refractivity contribution in [2.24, 2.45) is 5.92 Å². The second-order valence-corrected chi connectivity index (χ2v) is 7.89. The summed E-state index contributed by atoms with van der Waals surface area (Å²) in [5, 5.41) is 0. The second-order valence-electron chi connectivity index (χ2n) is 7.89. The lowest BCUT2D eigenvalue weighted by molar-refractivity contribution is 0.270. The van der Waals surface area contributed by atoms with Crippen LogP contribution in [0.4, 0.5) is 11.8 Å². The van der Waals surface area contributed by atoms with Crippen molar-refractivity contribution >= 4 is 11.8 Å². The number of aromatic nitrogens is 2. The molecule has 2 saturated heterocycles. The van der Waals surface area contributed by atoms with E-state index in [4.69, 9.17) is 9.97 Å². The first-order valence-electron chi connectivity index (χ1n) is 10.4. The molecule has 0 spiro atoms. The van der Waals surface area contributed by atoms with Gasteiger partial charge in [-0.15, -0.1) is 0 Å². The number of benzene rings is 1. The molecule has 0 amide bonds. The maximum absolute atomic E-state index is 5.01. The lowest BCUT2D eigenvalue weighted by atomic mass is 10.0. The molecule has 1 unspecified atom stereocenters. The van der Waals surface area contributed by atoms with E-state index in [2.05, 4.69) is 64.9 Å². The molecule has 5 heteroatoms. The van der Waals surface area contributed by atoms with Gasteiger partial charge in [0.25, 0.3) is 0 Å². The molecule has 144 valence electrons. The summed E-state index contributed by atoms with van der Waals surface area (Å²) in [6, 6.07) is 12.7. The Hall–Kier alpha value is -2.14. The van der Waals surface area contributed by atoms with Crippen molar-refractivity contribution in [2.45, 2.75) is 26.7 Å². The van der Waals surface area contributed by atoms with E-state index in [0.717, 1.165) is 69.2 Å². The van der Waals surface area contributed by atoms with Crippen LogP contribution < -0.4 is 9.80 Å². The van der Waals surface area contributed by atoms with Gasteiger partial charge in [0.05, 0.1) is 5.69 Å². The van der Waals surface area contributed by atoms with E-state index in [1.807, 2.05) is 0 Å². The van der Waals surface area contributed by atoms with Gasteiger partial charge in [0, 0.05) is 50.9 Å². The number of hydrogen-bond acceptors (Lipinski definition) is 5. The summed E-state index contributed by atoms with van der Waals surface area (Å²) in [6.07, 6.45) is 2.56. The number of piperazine rings is 1. The minimum absolute atomic E-state index is 0.727. The van der Waals surface area contributed by atoms with Crippen molar-refractivity contribution in [3.05, 3.63) is 36.4 Å². The van der Waals surface area contributed by atoms with E-state index in [1.54, 1.807) is 0 Å². The summed E-state index contributed by atoms with van der Waals surface area (Å²) in [4.78, 5) is 17.3. The quantitative estimate of drug-likeness (QED) is 0.828. The molecule has 0 saturated carbocycles. The topological polar surface area (TPSA) is 35.5 Å². The molecule has 27 heavy (non-hydrogen) atoms. The van der Waals surface area contributed by atoms with E-state index >= 15 is 0 Å². The zero-order valence-corrected chi connectivity index (χ0v) is 16.6. The van der Waals surface area contributed by atoms with Gasteiger partial charge in [0.1, 0.15) is 5.82 Å². The molecular weight excluding hydrogens is 334 g/mol. The molecule has 2 fully saturated rings. The van der Waals surface area contributed by atoms with Crippen LogP contribution in [0.25, 0.3) is 11.3 Å². The number of hydrogen-bond donors (Lipinski definition) is 0. The van der Waals surface area contributed by atoms with E-state index in [-0.39, 0.29) is 0 Å². The first-order chi connectivity index (χ1) is 13.2. The van der Waals surface area contributed by atoms with Crippen LogP contribution in [0.5, 0.6) is 0 Å². The minimum Gasteiger partial charge on any atom is -0.356 e. The van der Waals surface area contributed by atoms with Gasteiger partial charge in [-0.25, -0.2) is 4.98 Å². The van der Waals surface area contributed by atoms with Crippen molar-refractivity contribution in [2.75, 3.05) is 55.6 Å². The predicted molar refractivity (Wildman–Crippen MR) is 112 cm³/mol. The first kappa shape index (κ1) is 18.2. The first-order valence-corrected chi connectivity index (χ1v) is 10.4. The Kier molecular flexibility index (Phi) is 5.58. The van der Waals surface area contributed by atoms with Gasteiger partial charge in [0.15, 0.2) is 0 Å². The molecule has 1 aromatic carbocycles. The van der Waals surface area contributed by atoms with Gasteiger partial charge in [0.2, 0.25) is 5.95 Å². The third-order valence-corrected chi connectivity index (χ3v) is 5.85. The fourth-order valence-corrected chi connectivity index (χ4v) is 4.14. The highest BCUT2D eigenvalue weighted by Crippen LogP contribution is 2.28. The van der Waals surface area contributed by atoms with E-state index in [1.165, 1.54) is 18.4 Å². The monoisotopic (exact) mass is 365 g/mol. The number of piperidine rings is 1. The smallest absolute Gasteiger partial charge is 0.227 e. The Morgan fingerprint density at radius 2 is 1.74 bits per heavy atom. The molecule has 4 rings (SSSR count). The van der Waals surface area contributed by atoms with Crippen LogP contribution >= 0.6 is 0 Å². The number of likely N-dealkylation sites (N-methyl/N-ethyl adjacent to an activating group) is 1. The summed E-state index contributed by atoms with van der Waals surface area (Å²) in [7, 11) is 0. The van der Waals surface area contributed by atoms with Gasteiger partial charge >= 0.3 is 0 Å². The average molecular weight is 366 g/mol. The third-order valence-electron chi connectivity index (χ3n) is 5.85. The molecule has 1 atom stereocenters. The zero-order valence-electron chi connectivity index (χ0n) is 16.6. The van der Waals surface area contributed by atoms with Gasteiger partial charge in [-0.2, -0.15) is 4.98 Å². The van der Waals surface area contributed by atoms with Gasteiger partial charge < -0.3 is 14.7 Å². The summed E-state index contributed by atoms with van der Waals surface area (Å²) < 4.78 is 0. The van der Waals surface area contributed by atoms with E-state index in [0.29, 0.717) is 0 Å². The molecule has 2 aromatic rings. The molecule has 3 heterocycles. The molecule has 0 N–H and O–H groups in total. The molecule has 0 radical (unpaired) electrons. The molecule has 0 aliphatic carbocycles. The molecular formula is C22H31N5. The maximum atomic E-state index is 5.01. The van der Waals surface area contributed by atoms with Crippen molar-refractivity contribution < 1.29 is 0 Å². The van der Waals surface area contributed by atoms with Crippen LogP contribution in [0.15, 0.2) is 36.4 Å². The molecule has 2 aliphatic heterocycles. The number of anilines is 2. The Bertz CT molecular complexity index is 740. The highest BCUT2D eigenvalue weighted by atomic mass is 15.3. The average Bonchev–Trinajstić information content (AvgIpc) is 2.74. The second kappa shape index (κ2) is 8.26. The fourth-order valence-electron chi connectivity index (χ4n) is 4.14. The lowest BCUT2D eigenvalue weighted by Crippen LogP contribution is -2.47. The molecule has 1 aromatic heterocycles. The molecule has 5 nitrogen and oxygen atoms in total. The third kappa shape index (κ3) is 4.24. The summed E-state index contributed by atoms with van der Waals surface area (Å²) in [5.74, 6) is 2.70. The number of nitrogens with zero attached hydrogens (tertiary/aromatic N) is 5. The SMILES string of the molecule is CCN1CCN(c2nc(-c3ccccc3)cc(N3CCCC(C)C3)n2)CC1.